The first-order valence-electron chi connectivity index (χ1n) is 8.16. The van der Waals surface area contributed by atoms with Crippen molar-refractivity contribution in [1.82, 2.24) is 0 Å². The van der Waals surface area contributed by atoms with Crippen molar-refractivity contribution in [1.29, 1.82) is 0 Å². The fraction of sp³-hybridized carbons (Fsp3) is 0.211. The standard InChI is InChI=1S/C19H17N3O3/c1-11(23)20-15-3-2-4-16(10-15)21-19(25)14-7-12-5-6-22-17(24)9-13(8-14)18(12)22/h2-4,7-8,10H,5-6,9H2,1H3,(H,20,23)(H,21,25). The van der Waals surface area contributed by atoms with Crippen LogP contribution in [0.1, 0.15) is 28.4 Å². The lowest BCUT2D eigenvalue weighted by Crippen LogP contribution is -2.24. The normalized spacial score (nSPS) is 14.4. The third kappa shape index (κ3) is 2.76. The van der Waals surface area contributed by atoms with Gasteiger partial charge in [-0.3, -0.25) is 14.4 Å². The number of nitrogens with one attached hydrogen (secondary N) is 2. The van der Waals surface area contributed by atoms with E-state index in [0.29, 0.717) is 29.9 Å². The Hall–Kier alpha value is -3.15. The molecule has 2 aromatic rings. The Morgan fingerprint density at radius 3 is 2.52 bits per heavy atom. The SMILES string of the molecule is CC(=O)Nc1cccc(NC(=O)c2cc3c4c(c2)CC(=O)N4CC3)c1. The summed E-state index contributed by atoms with van der Waals surface area (Å²) in [5.41, 5.74) is 4.76. The van der Waals surface area contributed by atoms with Crippen molar-refractivity contribution in [3.8, 4) is 0 Å². The molecule has 2 aliphatic heterocycles. The summed E-state index contributed by atoms with van der Waals surface area (Å²) in [4.78, 5) is 37.6. The predicted molar refractivity (Wildman–Crippen MR) is 94.9 cm³/mol. The summed E-state index contributed by atoms with van der Waals surface area (Å²) in [6, 6.07) is 10.7. The zero-order chi connectivity index (χ0) is 17.6. The van der Waals surface area contributed by atoms with E-state index in [2.05, 4.69) is 10.6 Å². The Bertz CT molecular complexity index is 920. The molecule has 3 amide bonds. The molecule has 0 radical (unpaired) electrons. The summed E-state index contributed by atoms with van der Waals surface area (Å²) in [5, 5.41) is 5.54. The van der Waals surface area contributed by atoms with Gasteiger partial charge >= 0.3 is 0 Å². The van der Waals surface area contributed by atoms with Gasteiger partial charge in [0.05, 0.1) is 12.1 Å². The highest BCUT2D eigenvalue weighted by molar-refractivity contribution is 6.08. The van der Waals surface area contributed by atoms with Crippen molar-refractivity contribution in [2.75, 3.05) is 22.1 Å². The highest BCUT2D eigenvalue weighted by Gasteiger charge is 2.34. The summed E-state index contributed by atoms with van der Waals surface area (Å²) < 4.78 is 0. The zero-order valence-electron chi connectivity index (χ0n) is 13.8. The van der Waals surface area contributed by atoms with Gasteiger partial charge in [-0.1, -0.05) is 6.07 Å². The van der Waals surface area contributed by atoms with Gasteiger partial charge in [-0.2, -0.15) is 0 Å². The van der Waals surface area contributed by atoms with Gasteiger partial charge in [0.1, 0.15) is 0 Å². The van der Waals surface area contributed by atoms with E-state index in [9.17, 15) is 14.4 Å². The lowest BCUT2D eigenvalue weighted by molar-refractivity contribution is -0.117. The van der Waals surface area contributed by atoms with Gasteiger partial charge in [0, 0.05) is 30.4 Å². The van der Waals surface area contributed by atoms with Crippen LogP contribution < -0.4 is 15.5 Å². The maximum Gasteiger partial charge on any atom is 0.255 e. The van der Waals surface area contributed by atoms with E-state index in [1.807, 2.05) is 11.0 Å². The van der Waals surface area contributed by atoms with Crippen LogP contribution >= 0.6 is 0 Å². The van der Waals surface area contributed by atoms with Crippen molar-refractivity contribution in [2.45, 2.75) is 19.8 Å². The first kappa shape index (κ1) is 15.4. The second-order valence-electron chi connectivity index (χ2n) is 6.33. The molecule has 0 bridgehead atoms. The summed E-state index contributed by atoms with van der Waals surface area (Å²) in [7, 11) is 0. The van der Waals surface area contributed by atoms with Crippen LogP contribution in [-0.2, 0) is 22.4 Å². The van der Waals surface area contributed by atoms with Crippen molar-refractivity contribution in [2.24, 2.45) is 0 Å². The number of hydrogen-bond donors (Lipinski definition) is 2. The highest BCUT2D eigenvalue weighted by Crippen LogP contribution is 2.38. The molecule has 0 atom stereocenters. The van der Waals surface area contributed by atoms with Crippen LogP contribution in [0, 0.1) is 0 Å². The zero-order valence-corrected chi connectivity index (χ0v) is 13.8. The predicted octanol–water partition coefficient (Wildman–Crippen LogP) is 2.34. The number of nitrogens with zero attached hydrogens (tertiary/aromatic N) is 1. The topological polar surface area (TPSA) is 78.5 Å². The Kier molecular flexibility index (Phi) is 3.53. The number of carbonyl (C=O) groups excluding carboxylic acids is 3. The van der Waals surface area contributed by atoms with E-state index in [4.69, 9.17) is 0 Å². The quantitative estimate of drug-likeness (QED) is 0.904. The van der Waals surface area contributed by atoms with Gasteiger partial charge < -0.3 is 15.5 Å². The minimum atomic E-state index is -0.225. The fourth-order valence-corrected chi connectivity index (χ4v) is 3.50. The monoisotopic (exact) mass is 335 g/mol. The van der Waals surface area contributed by atoms with E-state index in [1.54, 1.807) is 30.3 Å². The molecule has 4 rings (SSSR count). The van der Waals surface area contributed by atoms with Crippen molar-refractivity contribution >= 4 is 34.8 Å². The molecule has 0 aromatic heterocycles. The molecule has 0 saturated heterocycles. The number of hydrogen-bond acceptors (Lipinski definition) is 3. The molecular weight excluding hydrogens is 318 g/mol. The number of carbonyl (C=O) groups is 3. The number of anilines is 3. The second-order valence-corrected chi connectivity index (χ2v) is 6.33. The Balaban J connectivity index is 1.58. The summed E-state index contributed by atoms with van der Waals surface area (Å²) in [6.07, 6.45) is 1.15. The van der Waals surface area contributed by atoms with E-state index in [-0.39, 0.29) is 17.7 Å². The molecule has 126 valence electrons. The van der Waals surface area contributed by atoms with Crippen LogP contribution in [0.15, 0.2) is 36.4 Å². The van der Waals surface area contributed by atoms with Gasteiger partial charge in [-0.15, -0.1) is 0 Å². The summed E-state index contributed by atoms with van der Waals surface area (Å²) in [6.45, 7) is 2.13. The lowest BCUT2D eigenvalue weighted by Gasteiger charge is -2.11. The minimum Gasteiger partial charge on any atom is -0.326 e. The molecule has 0 fully saturated rings. The van der Waals surface area contributed by atoms with E-state index in [1.165, 1.54) is 6.92 Å². The number of rotatable bonds is 3. The summed E-state index contributed by atoms with van der Waals surface area (Å²) >= 11 is 0. The maximum atomic E-state index is 12.6. The molecule has 2 heterocycles. The molecule has 0 aliphatic carbocycles. The van der Waals surface area contributed by atoms with Crippen molar-refractivity contribution in [3.63, 3.8) is 0 Å². The fourth-order valence-electron chi connectivity index (χ4n) is 3.50. The van der Waals surface area contributed by atoms with Gasteiger partial charge in [-0.25, -0.2) is 0 Å². The van der Waals surface area contributed by atoms with Gasteiger partial charge in [0.15, 0.2) is 0 Å². The Labute approximate surface area is 144 Å². The molecule has 0 saturated carbocycles. The third-order valence-electron chi connectivity index (χ3n) is 4.49. The van der Waals surface area contributed by atoms with Crippen LogP contribution in [0.2, 0.25) is 0 Å². The minimum absolute atomic E-state index is 0.106. The molecule has 0 spiro atoms. The van der Waals surface area contributed by atoms with Crippen molar-refractivity contribution in [3.05, 3.63) is 53.1 Å². The first-order valence-corrected chi connectivity index (χ1v) is 8.16. The summed E-state index contributed by atoms with van der Waals surface area (Å²) in [5.74, 6) is -0.287. The smallest absolute Gasteiger partial charge is 0.255 e. The van der Waals surface area contributed by atoms with Gasteiger partial charge in [0.2, 0.25) is 11.8 Å². The van der Waals surface area contributed by atoms with E-state index in [0.717, 1.165) is 23.2 Å². The third-order valence-corrected chi connectivity index (χ3v) is 4.49. The molecule has 2 N–H and O–H groups in total. The van der Waals surface area contributed by atoms with Crippen LogP contribution in [0.3, 0.4) is 0 Å². The van der Waals surface area contributed by atoms with Crippen LogP contribution in [0.25, 0.3) is 0 Å². The maximum absolute atomic E-state index is 12.6. The second kappa shape index (κ2) is 5.73. The Morgan fingerprint density at radius 2 is 1.76 bits per heavy atom. The molecular formula is C19H17N3O3. The molecule has 6 heteroatoms. The van der Waals surface area contributed by atoms with Crippen LogP contribution in [0.4, 0.5) is 17.1 Å². The molecule has 6 nitrogen and oxygen atoms in total. The number of benzene rings is 2. The lowest BCUT2D eigenvalue weighted by atomic mass is 10.0. The molecule has 2 aromatic carbocycles. The average Bonchev–Trinajstić information content (AvgIpc) is 3.12. The molecule has 0 unspecified atom stereocenters. The average molecular weight is 335 g/mol. The van der Waals surface area contributed by atoms with Crippen molar-refractivity contribution < 1.29 is 14.4 Å². The Morgan fingerprint density at radius 1 is 1.04 bits per heavy atom. The van der Waals surface area contributed by atoms with E-state index >= 15 is 0 Å². The first-order chi connectivity index (χ1) is 12.0. The largest absolute Gasteiger partial charge is 0.326 e. The van der Waals surface area contributed by atoms with Gasteiger partial charge in [-0.05, 0) is 47.9 Å². The van der Waals surface area contributed by atoms with E-state index < -0.39 is 0 Å². The van der Waals surface area contributed by atoms with Crippen LogP contribution in [-0.4, -0.2) is 24.3 Å². The van der Waals surface area contributed by atoms with Gasteiger partial charge in [0.25, 0.3) is 5.91 Å². The molecule has 25 heavy (non-hydrogen) atoms. The molecule has 2 aliphatic rings. The van der Waals surface area contributed by atoms with Crippen LogP contribution in [0.5, 0.6) is 0 Å². The highest BCUT2D eigenvalue weighted by atomic mass is 16.2. The number of amides is 3.